The summed E-state index contributed by atoms with van der Waals surface area (Å²) < 4.78 is 24.4. The smallest absolute Gasteiger partial charge is 0.213 e. The van der Waals surface area contributed by atoms with Crippen molar-refractivity contribution in [3.8, 4) is 0 Å². The number of aliphatic imine (C=N–C) groups is 1. The van der Waals surface area contributed by atoms with Gasteiger partial charge in [-0.1, -0.05) is 23.7 Å². The van der Waals surface area contributed by atoms with Gasteiger partial charge in [0.25, 0.3) is 0 Å². The van der Waals surface area contributed by atoms with Crippen molar-refractivity contribution >= 4 is 27.1 Å². The molecule has 0 N–H and O–H groups in total. The lowest BCUT2D eigenvalue weighted by Crippen LogP contribution is -2.27. The summed E-state index contributed by atoms with van der Waals surface area (Å²) in [5.74, 6) is 0.851. The highest BCUT2D eigenvalue weighted by Crippen LogP contribution is 2.38. The Labute approximate surface area is 167 Å². The summed E-state index contributed by atoms with van der Waals surface area (Å²) in [6.07, 6.45) is 3.67. The Balaban J connectivity index is 1.71. The van der Waals surface area contributed by atoms with Gasteiger partial charge in [0.15, 0.2) is 9.84 Å². The summed E-state index contributed by atoms with van der Waals surface area (Å²) in [7, 11) is -2.99. The van der Waals surface area contributed by atoms with E-state index < -0.39 is 9.84 Å². The Morgan fingerprint density at radius 3 is 2.56 bits per heavy atom. The fourth-order valence-electron chi connectivity index (χ4n) is 3.98. The number of nitrogens with zero attached hydrogens (tertiary/aromatic N) is 2. The zero-order chi connectivity index (χ0) is 19.6. The van der Waals surface area contributed by atoms with E-state index in [1.165, 1.54) is 0 Å². The van der Waals surface area contributed by atoms with E-state index in [-0.39, 0.29) is 16.9 Å². The number of rotatable bonds is 5. The molecule has 0 radical (unpaired) electrons. The molecule has 1 aliphatic heterocycles. The number of benzene rings is 1. The molecule has 144 valence electrons. The van der Waals surface area contributed by atoms with E-state index in [4.69, 9.17) is 18.2 Å². The maximum absolute atomic E-state index is 12.2. The van der Waals surface area contributed by atoms with Crippen LogP contribution < -0.4 is 0 Å². The van der Waals surface area contributed by atoms with E-state index in [9.17, 15) is 8.42 Å². The van der Waals surface area contributed by atoms with E-state index in [0.717, 1.165) is 42.5 Å². The third kappa shape index (κ3) is 4.44. The van der Waals surface area contributed by atoms with Crippen LogP contribution in [0.15, 0.2) is 40.5 Å². The summed E-state index contributed by atoms with van der Waals surface area (Å²) >= 11 is 6.09. The molecule has 0 atom stereocenters. The zero-order valence-electron chi connectivity index (χ0n) is 15.8. The molecule has 3 rings (SSSR count). The van der Waals surface area contributed by atoms with Gasteiger partial charge < -0.3 is 0 Å². The van der Waals surface area contributed by atoms with Crippen molar-refractivity contribution in [2.75, 3.05) is 12.3 Å². The van der Waals surface area contributed by atoms with Crippen molar-refractivity contribution in [1.29, 1.82) is 0 Å². The van der Waals surface area contributed by atoms with Crippen LogP contribution in [0.5, 0.6) is 0 Å². The molecule has 1 fully saturated rings. The topological polar surface area (TPSA) is 50.9 Å². The zero-order valence-corrected chi connectivity index (χ0v) is 17.4. The molecule has 1 aromatic rings. The van der Waals surface area contributed by atoms with E-state index in [1.807, 2.05) is 24.3 Å². The lowest BCUT2D eigenvalue weighted by atomic mass is 9.78. The van der Waals surface area contributed by atoms with Crippen LogP contribution in [0.3, 0.4) is 0 Å². The predicted octanol–water partition coefficient (Wildman–Crippen LogP) is 4.95. The molecule has 4 nitrogen and oxygen atoms in total. The summed E-state index contributed by atoms with van der Waals surface area (Å²) in [6.45, 7) is 11.7. The predicted molar refractivity (Wildman–Crippen MR) is 111 cm³/mol. The average molecular weight is 405 g/mol. The van der Waals surface area contributed by atoms with Crippen LogP contribution >= 0.6 is 11.6 Å². The molecule has 0 spiro atoms. The van der Waals surface area contributed by atoms with Crippen molar-refractivity contribution in [2.24, 2.45) is 16.8 Å². The lowest BCUT2D eigenvalue weighted by Gasteiger charge is -2.30. The highest BCUT2D eigenvalue weighted by atomic mass is 35.5. The van der Waals surface area contributed by atoms with E-state index in [2.05, 4.69) is 9.84 Å². The second kappa shape index (κ2) is 8.16. The Bertz CT molecular complexity index is 918. The molecule has 0 amide bonds. The minimum atomic E-state index is -2.99. The first-order valence-electron chi connectivity index (χ1n) is 9.44. The minimum absolute atomic E-state index is 0.236. The average Bonchev–Trinajstić information content (AvgIpc) is 3.06. The van der Waals surface area contributed by atoms with Crippen LogP contribution in [0, 0.1) is 18.4 Å². The van der Waals surface area contributed by atoms with Gasteiger partial charge in [0, 0.05) is 5.02 Å². The minimum Gasteiger partial charge on any atom is -0.293 e. The van der Waals surface area contributed by atoms with Crippen molar-refractivity contribution in [3.05, 3.63) is 57.5 Å². The first kappa shape index (κ1) is 20.1. The van der Waals surface area contributed by atoms with Gasteiger partial charge in [0.1, 0.15) is 0 Å². The first-order chi connectivity index (χ1) is 12.8. The van der Waals surface area contributed by atoms with Crippen LogP contribution in [0.1, 0.15) is 45.1 Å². The second-order valence-electron chi connectivity index (χ2n) is 7.76. The fourth-order valence-corrected chi connectivity index (χ4v) is 5.54. The maximum atomic E-state index is 12.2. The third-order valence-electron chi connectivity index (χ3n) is 5.67. The maximum Gasteiger partial charge on any atom is 0.213 e. The van der Waals surface area contributed by atoms with Gasteiger partial charge in [-0.3, -0.25) is 4.99 Å². The van der Waals surface area contributed by atoms with Gasteiger partial charge in [-0.25, -0.2) is 13.3 Å². The summed E-state index contributed by atoms with van der Waals surface area (Å²) in [5.41, 5.74) is 3.41. The molecular formula is C21H25ClN2O2S. The van der Waals surface area contributed by atoms with Gasteiger partial charge >= 0.3 is 0 Å². The number of halogens is 1. The molecule has 2 aliphatic rings. The lowest BCUT2D eigenvalue weighted by molar-refractivity contribution is 0.319. The largest absolute Gasteiger partial charge is 0.293 e. The Morgan fingerprint density at radius 1 is 1.26 bits per heavy atom. The third-order valence-corrected chi connectivity index (χ3v) is 8.28. The molecular weight excluding hydrogens is 380 g/mol. The number of hydrogen-bond donors (Lipinski definition) is 0. The van der Waals surface area contributed by atoms with Crippen LogP contribution in [0.2, 0.25) is 5.02 Å². The molecule has 0 unspecified atom stereocenters. The molecule has 1 saturated carbocycles. The molecule has 1 heterocycles. The molecule has 0 aromatic heterocycles. The molecule has 1 aliphatic carbocycles. The first-order valence-corrected chi connectivity index (χ1v) is 11.5. The second-order valence-corrected chi connectivity index (χ2v) is 10.8. The van der Waals surface area contributed by atoms with Crippen LogP contribution in [0.25, 0.3) is 4.85 Å². The highest BCUT2D eigenvalue weighted by Gasteiger charge is 2.32. The van der Waals surface area contributed by atoms with E-state index in [0.29, 0.717) is 23.2 Å². The van der Waals surface area contributed by atoms with Gasteiger partial charge in [0.05, 0.1) is 29.8 Å². The van der Waals surface area contributed by atoms with Gasteiger partial charge in [0.2, 0.25) is 5.70 Å². The Morgan fingerprint density at radius 2 is 1.96 bits per heavy atom. The van der Waals surface area contributed by atoms with Crippen molar-refractivity contribution < 1.29 is 8.42 Å². The van der Waals surface area contributed by atoms with Crippen LogP contribution in [0.4, 0.5) is 0 Å². The Hall–Kier alpha value is -1.64. The summed E-state index contributed by atoms with van der Waals surface area (Å²) in [4.78, 5) is 8.43. The number of hydrogen-bond acceptors (Lipinski definition) is 3. The van der Waals surface area contributed by atoms with E-state index in [1.54, 1.807) is 13.8 Å². The molecule has 27 heavy (non-hydrogen) atoms. The number of allylic oxidation sites excluding steroid dienone is 1. The van der Waals surface area contributed by atoms with Gasteiger partial charge in [-0.2, -0.15) is 0 Å². The fraction of sp³-hybridized carbons (Fsp3) is 0.524. The monoisotopic (exact) mass is 404 g/mol. The van der Waals surface area contributed by atoms with Crippen LogP contribution in [-0.2, 0) is 9.84 Å². The normalized spacial score (nSPS) is 23.4. The molecule has 1 aromatic carbocycles. The quantitative estimate of drug-likeness (QED) is 0.652. The van der Waals surface area contributed by atoms with Crippen LogP contribution in [-0.4, -0.2) is 31.7 Å². The van der Waals surface area contributed by atoms with Crippen molar-refractivity contribution in [2.45, 2.75) is 44.8 Å². The van der Waals surface area contributed by atoms with Crippen molar-refractivity contribution in [1.82, 2.24) is 0 Å². The standard InChI is InChI=1S/C21H25ClN2O2S/c1-14(2)27(25,26)13-15-7-9-16(10-8-15)19-12-24-20(21(19)23-3)17-5-4-6-18(22)11-17/h4-6,11,14-16H,7-10,12-13H2,1-2H3. The molecule has 6 heteroatoms. The molecule has 0 bridgehead atoms. The SMILES string of the molecule is [C-]#[N+]C1=C(C2CCC(CS(=O)(=O)C(C)C)CC2)CN=C1c1cccc(Cl)c1. The van der Waals surface area contributed by atoms with Gasteiger partial charge in [-0.05, 0) is 74.6 Å². The summed E-state index contributed by atoms with van der Waals surface area (Å²) in [5, 5.41) is 0.329. The van der Waals surface area contributed by atoms with E-state index >= 15 is 0 Å². The van der Waals surface area contributed by atoms with Crippen molar-refractivity contribution in [3.63, 3.8) is 0 Å². The van der Waals surface area contributed by atoms with Gasteiger partial charge in [-0.15, -0.1) is 0 Å². The Kier molecular flexibility index (Phi) is 6.08. The summed E-state index contributed by atoms with van der Waals surface area (Å²) in [6, 6.07) is 7.48. The number of sulfone groups is 1. The highest BCUT2D eigenvalue weighted by molar-refractivity contribution is 7.91. The molecule has 0 saturated heterocycles.